The first-order valence-corrected chi connectivity index (χ1v) is 16.9. The maximum Gasteiger partial charge on any atom is 0.389 e. The van der Waals surface area contributed by atoms with Crippen LogP contribution < -0.4 is 0 Å². The molecule has 2 rings (SSSR count). The Morgan fingerprint density at radius 3 is 1.07 bits per heavy atom. The van der Waals surface area contributed by atoms with Gasteiger partial charge in [0.15, 0.2) is 24.8 Å². The molecule has 2 aromatic rings. The summed E-state index contributed by atoms with van der Waals surface area (Å²) in [5.41, 5.74) is -0.463. The van der Waals surface area contributed by atoms with Crippen LogP contribution in [0.5, 0.6) is 0 Å². The van der Waals surface area contributed by atoms with E-state index in [9.17, 15) is 55.1 Å². The molecule has 16 heteroatoms. The van der Waals surface area contributed by atoms with E-state index in [1.54, 1.807) is 65.8 Å². The monoisotopic (exact) mass is 774 g/mol. The summed E-state index contributed by atoms with van der Waals surface area (Å²) in [6, 6.07) is 11.9. The molecule has 0 saturated heterocycles. The van der Waals surface area contributed by atoms with E-state index in [1.807, 2.05) is 0 Å². The van der Waals surface area contributed by atoms with Gasteiger partial charge in [0, 0.05) is 24.0 Å². The Morgan fingerprint density at radius 1 is 0.519 bits per heavy atom. The van der Waals surface area contributed by atoms with Gasteiger partial charge in [0.2, 0.25) is 0 Å². The van der Waals surface area contributed by atoms with Crippen LogP contribution in [0.2, 0.25) is 0 Å². The number of ketones is 2. The number of rotatable bonds is 17. The quantitative estimate of drug-likeness (QED) is 0.0669. The maximum absolute atomic E-state index is 12.8. The number of carbonyl (C=O) groups excluding carboxylic acids is 6. The molecule has 0 aliphatic rings. The van der Waals surface area contributed by atoms with Gasteiger partial charge in [0.05, 0.1) is 24.7 Å². The largest absolute Gasteiger partial charge is 0.460 e. The normalized spacial score (nSPS) is 13.3. The molecule has 0 aromatic heterocycles. The Morgan fingerprint density at radius 2 is 0.815 bits per heavy atom. The van der Waals surface area contributed by atoms with Crippen molar-refractivity contribution in [2.75, 3.05) is 13.2 Å². The molecule has 2 atom stereocenters. The Balaban J connectivity index is 2.01. The first kappa shape index (κ1) is 45.4. The fourth-order valence-corrected chi connectivity index (χ4v) is 4.82. The van der Waals surface area contributed by atoms with Crippen molar-refractivity contribution in [3.8, 4) is 11.1 Å². The second-order valence-corrected chi connectivity index (χ2v) is 14.5. The molecule has 0 unspecified atom stereocenters. The first-order chi connectivity index (χ1) is 24.7. The second-order valence-electron chi connectivity index (χ2n) is 14.5. The van der Waals surface area contributed by atoms with Gasteiger partial charge in [-0.2, -0.15) is 26.3 Å². The van der Waals surface area contributed by atoms with Gasteiger partial charge in [0.25, 0.3) is 0 Å². The third-order valence-corrected chi connectivity index (χ3v) is 7.32. The number of esters is 4. The number of benzene rings is 2. The molecule has 54 heavy (non-hydrogen) atoms. The minimum absolute atomic E-state index is 0.111. The fraction of sp³-hybridized carbons (Fsp3) is 0.526. The van der Waals surface area contributed by atoms with Crippen molar-refractivity contribution in [2.45, 2.75) is 104 Å². The summed E-state index contributed by atoms with van der Waals surface area (Å²) in [5.74, 6) is -8.38. The standard InChI is InChI=1S/C38H44F6O10/c1-35(2,3)53-31(47)19-27(15-17-37(39,40)41)33(49)51-21-29(45)25-11-7-23(8-12-25)24-9-13-26(14-10-24)30(46)22-52-34(50)28(16-18-38(42,43)44)20-32(48)54-36(4,5)6/h7-14,27-28H,15-22H2,1-6H3/t27-,28-/m1/s1. The molecule has 10 nitrogen and oxygen atoms in total. The summed E-state index contributed by atoms with van der Waals surface area (Å²) in [6.45, 7) is 7.76. The molecule has 0 aliphatic carbocycles. The minimum atomic E-state index is -4.59. The molecule has 0 spiro atoms. The highest BCUT2D eigenvalue weighted by Crippen LogP contribution is 2.29. The molecule has 0 fully saturated rings. The second kappa shape index (κ2) is 19.0. The molecule has 0 N–H and O–H groups in total. The van der Waals surface area contributed by atoms with Crippen molar-refractivity contribution in [3.63, 3.8) is 0 Å². The van der Waals surface area contributed by atoms with E-state index in [-0.39, 0.29) is 11.1 Å². The van der Waals surface area contributed by atoms with E-state index >= 15 is 0 Å². The van der Waals surface area contributed by atoms with Crippen LogP contribution in [0.3, 0.4) is 0 Å². The predicted octanol–water partition coefficient (Wildman–Crippen LogP) is 8.19. The molecule has 2 aromatic carbocycles. The smallest absolute Gasteiger partial charge is 0.389 e. The van der Waals surface area contributed by atoms with Gasteiger partial charge in [-0.3, -0.25) is 28.8 Å². The number of alkyl halides is 6. The number of hydrogen-bond acceptors (Lipinski definition) is 10. The highest BCUT2D eigenvalue weighted by Gasteiger charge is 2.35. The summed E-state index contributed by atoms with van der Waals surface area (Å²) in [6.07, 6.45) is -14.7. The van der Waals surface area contributed by atoms with Gasteiger partial charge in [-0.05, 0) is 65.5 Å². The lowest BCUT2D eigenvalue weighted by atomic mass is 9.99. The SMILES string of the molecule is CC(C)(C)OC(=O)C[C@@H](CCC(F)(F)F)C(=O)OCC(=O)c1ccc(-c2ccc(C(=O)COC(=O)[C@H](CCC(F)(F)F)CC(=O)OC(C)(C)C)cc2)cc1. The van der Waals surface area contributed by atoms with E-state index in [0.29, 0.717) is 11.1 Å². The van der Waals surface area contributed by atoms with E-state index in [4.69, 9.17) is 18.9 Å². The lowest BCUT2D eigenvalue weighted by molar-refractivity contribution is -0.164. The van der Waals surface area contributed by atoms with Crippen LogP contribution >= 0.6 is 0 Å². The summed E-state index contributed by atoms with van der Waals surface area (Å²) in [4.78, 5) is 75.0. The van der Waals surface area contributed by atoms with Gasteiger partial charge >= 0.3 is 36.2 Å². The van der Waals surface area contributed by atoms with Crippen molar-refractivity contribution in [1.82, 2.24) is 0 Å². The summed E-state index contributed by atoms with van der Waals surface area (Å²) in [7, 11) is 0. The Hall–Kier alpha value is -4.76. The fourth-order valence-electron chi connectivity index (χ4n) is 4.82. The molecule has 0 radical (unpaired) electrons. The van der Waals surface area contributed by atoms with Crippen molar-refractivity contribution in [1.29, 1.82) is 0 Å². The number of hydrogen-bond donors (Lipinski definition) is 0. The van der Waals surface area contributed by atoms with Crippen LogP contribution in [0, 0.1) is 11.8 Å². The van der Waals surface area contributed by atoms with Gasteiger partial charge in [-0.1, -0.05) is 48.5 Å². The van der Waals surface area contributed by atoms with Crippen LogP contribution in [0.25, 0.3) is 11.1 Å². The maximum atomic E-state index is 12.8. The predicted molar refractivity (Wildman–Crippen MR) is 181 cm³/mol. The Bertz CT molecular complexity index is 1500. The molecule has 0 aliphatic heterocycles. The molecule has 0 bridgehead atoms. The zero-order valence-corrected chi connectivity index (χ0v) is 30.8. The highest BCUT2D eigenvalue weighted by atomic mass is 19.4. The van der Waals surface area contributed by atoms with Crippen molar-refractivity contribution < 1.29 is 74.1 Å². The zero-order valence-electron chi connectivity index (χ0n) is 30.8. The topological polar surface area (TPSA) is 139 Å². The lowest BCUT2D eigenvalue weighted by Crippen LogP contribution is -2.29. The van der Waals surface area contributed by atoms with Crippen molar-refractivity contribution >= 4 is 35.4 Å². The molecule has 0 amide bonds. The van der Waals surface area contributed by atoms with Crippen molar-refractivity contribution in [2.24, 2.45) is 11.8 Å². The Kier molecular flexibility index (Phi) is 16.0. The number of Topliss-reactive ketones (excluding diaryl/α,β-unsaturated/α-hetero) is 2. The molecule has 0 heterocycles. The Labute approximate surface area is 308 Å². The van der Waals surface area contributed by atoms with Crippen molar-refractivity contribution in [3.05, 3.63) is 59.7 Å². The van der Waals surface area contributed by atoms with E-state index in [1.165, 1.54) is 24.3 Å². The number of halogens is 6. The number of ether oxygens (including phenoxy) is 4. The minimum Gasteiger partial charge on any atom is -0.460 e. The van der Waals surface area contributed by atoms with E-state index in [0.717, 1.165) is 0 Å². The van der Waals surface area contributed by atoms with Gasteiger partial charge in [-0.25, -0.2) is 0 Å². The van der Waals surface area contributed by atoms with Gasteiger partial charge in [0.1, 0.15) is 11.2 Å². The molecule has 298 valence electrons. The van der Waals surface area contributed by atoms with Crippen LogP contribution in [-0.4, -0.2) is 72.2 Å². The average Bonchev–Trinajstić information content (AvgIpc) is 3.03. The third kappa shape index (κ3) is 17.8. The third-order valence-electron chi connectivity index (χ3n) is 7.32. The van der Waals surface area contributed by atoms with Gasteiger partial charge < -0.3 is 18.9 Å². The van der Waals surface area contributed by atoms with Crippen LogP contribution in [0.15, 0.2) is 48.5 Å². The molecule has 0 saturated carbocycles. The van der Waals surface area contributed by atoms with Crippen LogP contribution in [0.4, 0.5) is 26.3 Å². The van der Waals surface area contributed by atoms with E-state index in [2.05, 4.69) is 0 Å². The molecular weight excluding hydrogens is 730 g/mol. The van der Waals surface area contributed by atoms with Crippen LogP contribution in [0.1, 0.15) is 101 Å². The highest BCUT2D eigenvalue weighted by molar-refractivity contribution is 5.99. The first-order valence-electron chi connectivity index (χ1n) is 16.9. The summed E-state index contributed by atoms with van der Waals surface area (Å²) < 4.78 is 97.2. The van der Waals surface area contributed by atoms with Gasteiger partial charge in [-0.15, -0.1) is 0 Å². The lowest BCUT2D eigenvalue weighted by Gasteiger charge is -2.22. The summed E-state index contributed by atoms with van der Waals surface area (Å²) in [5, 5.41) is 0. The van der Waals surface area contributed by atoms with E-state index < -0.39 is 123 Å². The molecular formula is C38H44F6O10. The number of carbonyl (C=O) groups is 6. The zero-order chi connectivity index (χ0) is 41.1. The van der Waals surface area contributed by atoms with Crippen LogP contribution in [-0.2, 0) is 38.1 Å². The average molecular weight is 775 g/mol. The summed E-state index contributed by atoms with van der Waals surface area (Å²) >= 11 is 0.